The number of hydrogen-bond donors (Lipinski definition) is 0. The average Bonchev–Trinajstić information content (AvgIpc) is 1.94. The molecule has 1 saturated heterocycles. The van der Waals surface area contributed by atoms with Gasteiger partial charge in [-0.25, -0.2) is 0 Å². The normalized spacial score (nSPS) is 20.2. The first-order valence-corrected chi connectivity index (χ1v) is 4.66. The molecule has 11 heavy (non-hydrogen) atoms. The van der Waals surface area contributed by atoms with E-state index in [1.165, 1.54) is 19.6 Å². The third kappa shape index (κ3) is 2.80. The number of likely N-dealkylation sites (tertiary alicyclic amines) is 1. The first-order valence-electron chi connectivity index (χ1n) is 4.66. The van der Waals surface area contributed by atoms with E-state index in [0.717, 1.165) is 25.6 Å². The molecule has 1 aliphatic rings. The molecule has 0 N–H and O–H groups in total. The minimum absolute atomic E-state index is 0.821. The van der Waals surface area contributed by atoms with Gasteiger partial charge in [0.1, 0.15) is 0 Å². The lowest BCUT2D eigenvalue weighted by Gasteiger charge is -2.38. The number of hydrogen-bond acceptors (Lipinski definition) is 2. The molecule has 1 heterocycles. The van der Waals surface area contributed by atoms with Crippen LogP contribution in [-0.2, 0) is 4.74 Å². The topological polar surface area (TPSA) is 12.5 Å². The van der Waals surface area contributed by atoms with E-state index in [-0.39, 0.29) is 0 Å². The Kier molecular flexibility index (Phi) is 3.87. The van der Waals surface area contributed by atoms with Crippen molar-refractivity contribution in [3.05, 3.63) is 0 Å². The van der Waals surface area contributed by atoms with Crippen LogP contribution < -0.4 is 0 Å². The summed E-state index contributed by atoms with van der Waals surface area (Å²) in [6.45, 7) is 9.97. The molecule has 0 aliphatic carbocycles. The van der Waals surface area contributed by atoms with Gasteiger partial charge in [0.25, 0.3) is 0 Å². The molecule has 0 radical (unpaired) electrons. The number of nitrogens with zero attached hydrogens (tertiary/aromatic N) is 1. The fourth-order valence-corrected chi connectivity index (χ4v) is 1.43. The van der Waals surface area contributed by atoms with Crippen molar-refractivity contribution < 1.29 is 4.74 Å². The van der Waals surface area contributed by atoms with E-state index in [9.17, 15) is 0 Å². The molecule has 1 rings (SSSR count). The van der Waals surface area contributed by atoms with E-state index >= 15 is 0 Å². The third-order valence-electron chi connectivity index (χ3n) is 2.18. The lowest BCUT2D eigenvalue weighted by molar-refractivity contribution is 0.0177. The quantitative estimate of drug-likeness (QED) is 0.559. The van der Waals surface area contributed by atoms with Crippen molar-refractivity contribution >= 4 is 0 Å². The van der Waals surface area contributed by atoms with E-state index in [2.05, 4.69) is 18.7 Å². The van der Waals surface area contributed by atoms with Crippen LogP contribution in [0.4, 0.5) is 0 Å². The van der Waals surface area contributed by atoms with Gasteiger partial charge in [-0.05, 0) is 13.0 Å². The van der Waals surface area contributed by atoms with Gasteiger partial charge in [-0.15, -0.1) is 0 Å². The second kappa shape index (κ2) is 4.73. The van der Waals surface area contributed by atoms with E-state index < -0.39 is 0 Å². The van der Waals surface area contributed by atoms with Crippen LogP contribution in [0.2, 0.25) is 0 Å². The lowest BCUT2D eigenvalue weighted by Crippen LogP contribution is -2.48. The summed E-state index contributed by atoms with van der Waals surface area (Å²) in [6.07, 6.45) is 1.14. The van der Waals surface area contributed by atoms with Gasteiger partial charge in [-0.3, -0.25) is 0 Å². The van der Waals surface area contributed by atoms with E-state index in [1.807, 2.05) is 0 Å². The Morgan fingerprint density at radius 2 is 2.09 bits per heavy atom. The zero-order chi connectivity index (χ0) is 8.10. The monoisotopic (exact) mass is 157 g/mol. The first kappa shape index (κ1) is 9.01. The highest BCUT2D eigenvalue weighted by Crippen LogP contribution is 2.14. The predicted molar refractivity (Wildman–Crippen MR) is 46.7 cm³/mol. The van der Waals surface area contributed by atoms with Crippen molar-refractivity contribution in [1.29, 1.82) is 0 Å². The van der Waals surface area contributed by atoms with Gasteiger partial charge >= 0.3 is 0 Å². The molecule has 0 aromatic heterocycles. The Balaban J connectivity index is 1.88. The smallest absolute Gasteiger partial charge is 0.0518 e. The minimum Gasteiger partial charge on any atom is -0.381 e. The van der Waals surface area contributed by atoms with Crippen LogP contribution in [0.3, 0.4) is 0 Å². The summed E-state index contributed by atoms with van der Waals surface area (Å²) in [5.41, 5.74) is 0. The zero-order valence-corrected chi connectivity index (χ0v) is 7.68. The van der Waals surface area contributed by atoms with Crippen molar-refractivity contribution in [2.24, 2.45) is 5.92 Å². The van der Waals surface area contributed by atoms with Crippen LogP contribution in [0, 0.1) is 5.92 Å². The van der Waals surface area contributed by atoms with Gasteiger partial charge in [0.05, 0.1) is 6.61 Å². The molecule has 0 unspecified atom stereocenters. The second-order valence-electron chi connectivity index (χ2n) is 3.29. The summed E-state index contributed by atoms with van der Waals surface area (Å²) >= 11 is 0. The molecule has 1 fully saturated rings. The molecule has 66 valence electrons. The Morgan fingerprint density at radius 1 is 1.36 bits per heavy atom. The molecular formula is C9H19NO. The van der Waals surface area contributed by atoms with Crippen LogP contribution >= 0.6 is 0 Å². The van der Waals surface area contributed by atoms with Crippen LogP contribution in [0.5, 0.6) is 0 Å². The van der Waals surface area contributed by atoms with Crippen molar-refractivity contribution in [2.75, 3.05) is 32.8 Å². The van der Waals surface area contributed by atoms with E-state index in [0.29, 0.717) is 0 Å². The van der Waals surface area contributed by atoms with Gasteiger partial charge < -0.3 is 9.64 Å². The summed E-state index contributed by atoms with van der Waals surface area (Å²) in [6, 6.07) is 0. The maximum atomic E-state index is 5.45. The van der Waals surface area contributed by atoms with E-state index in [1.54, 1.807) is 0 Å². The van der Waals surface area contributed by atoms with Crippen LogP contribution in [-0.4, -0.2) is 37.7 Å². The Bertz CT molecular complexity index is 99.7. The highest BCUT2D eigenvalue weighted by Gasteiger charge is 2.24. The lowest BCUT2D eigenvalue weighted by atomic mass is 10.0. The summed E-state index contributed by atoms with van der Waals surface area (Å²) < 4.78 is 5.45. The molecular weight excluding hydrogens is 138 g/mol. The summed E-state index contributed by atoms with van der Waals surface area (Å²) in [4.78, 5) is 2.44. The van der Waals surface area contributed by atoms with Gasteiger partial charge in [0.2, 0.25) is 0 Å². The fraction of sp³-hybridized carbons (Fsp3) is 1.00. The fourth-order valence-electron chi connectivity index (χ4n) is 1.43. The SMILES string of the molecule is CCCOCC1CN(CC)C1. The molecule has 0 spiro atoms. The average molecular weight is 157 g/mol. The zero-order valence-electron chi connectivity index (χ0n) is 7.68. The number of rotatable bonds is 5. The van der Waals surface area contributed by atoms with Gasteiger partial charge in [0.15, 0.2) is 0 Å². The summed E-state index contributed by atoms with van der Waals surface area (Å²) in [7, 11) is 0. The molecule has 0 saturated carbocycles. The van der Waals surface area contributed by atoms with Crippen LogP contribution in [0.25, 0.3) is 0 Å². The second-order valence-corrected chi connectivity index (χ2v) is 3.29. The number of ether oxygens (including phenoxy) is 1. The van der Waals surface area contributed by atoms with Crippen LogP contribution in [0.15, 0.2) is 0 Å². The Morgan fingerprint density at radius 3 is 2.64 bits per heavy atom. The summed E-state index contributed by atoms with van der Waals surface area (Å²) in [5.74, 6) is 0.821. The predicted octanol–water partition coefficient (Wildman–Crippen LogP) is 1.36. The van der Waals surface area contributed by atoms with Gasteiger partial charge in [0, 0.05) is 25.6 Å². The minimum atomic E-state index is 0.821. The maximum Gasteiger partial charge on any atom is 0.0518 e. The maximum absolute atomic E-state index is 5.45. The highest BCUT2D eigenvalue weighted by atomic mass is 16.5. The molecule has 0 atom stereocenters. The largest absolute Gasteiger partial charge is 0.381 e. The van der Waals surface area contributed by atoms with E-state index in [4.69, 9.17) is 4.74 Å². The first-order chi connectivity index (χ1) is 5.36. The van der Waals surface area contributed by atoms with Crippen molar-refractivity contribution in [2.45, 2.75) is 20.3 Å². The van der Waals surface area contributed by atoms with Crippen molar-refractivity contribution in [3.63, 3.8) is 0 Å². The van der Waals surface area contributed by atoms with Crippen molar-refractivity contribution in [1.82, 2.24) is 4.90 Å². The Labute approximate surface area is 69.5 Å². The molecule has 2 heteroatoms. The van der Waals surface area contributed by atoms with Gasteiger partial charge in [-0.1, -0.05) is 13.8 Å². The molecule has 2 nitrogen and oxygen atoms in total. The molecule has 1 aliphatic heterocycles. The van der Waals surface area contributed by atoms with Crippen LogP contribution in [0.1, 0.15) is 20.3 Å². The van der Waals surface area contributed by atoms with Gasteiger partial charge in [-0.2, -0.15) is 0 Å². The highest BCUT2D eigenvalue weighted by molar-refractivity contribution is 4.77. The molecule has 0 bridgehead atoms. The summed E-state index contributed by atoms with van der Waals surface area (Å²) in [5, 5.41) is 0. The third-order valence-corrected chi connectivity index (χ3v) is 2.18. The Hall–Kier alpha value is -0.0800. The molecule has 0 aromatic rings. The molecule has 0 aromatic carbocycles. The van der Waals surface area contributed by atoms with Crippen molar-refractivity contribution in [3.8, 4) is 0 Å². The molecule has 0 amide bonds. The standard InChI is InChI=1S/C9H19NO/c1-3-5-11-8-9-6-10(4-2)7-9/h9H,3-8H2,1-2H3.